The van der Waals surface area contributed by atoms with E-state index in [1.54, 1.807) is 0 Å². The minimum Gasteiger partial charge on any atom is -0.309 e. The fourth-order valence-corrected chi connectivity index (χ4v) is 9.99. The molecule has 0 aliphatic carbocycles. The molecular formula is C55H34N4S. The van der Waals surface area contributed by atoms with Gasteiger partial charge in [-0.25, -0.2) is 15.0 Å². The molecule has 0 radical (unpaired) electrons. The Morgan fingerprint density at radius 3 is 1.65 bits per heavy atom. The lowest BCUT2D eigenvalue weighted by atomic mass is 9.95. The molecule has 280 valence electrons. The zero-order valence-corrected chi connectivity index (χ0v) is 33.1. The largest absolute Gasteiger partial charge is 0.309 e. The minimum absolute atomic E-state index is 0.630. The summed E-state index contributed by atoms with van der Waals surface area (Å²) in [6, 6.07) is 73.5. The van der Waals surface area contributed by atoms with Crippen LogP contribution < -0.4 is 0 Å². The van der Waals surface area contributed by atoms with Crippen LogP contribution in [-0.2, 0) is 0 Å². The predicted molar refractivity (Wildman–Crippen MR) is 252 cm³/mol. The van der Waals surface area contributed by atoms with Gasteiger partial charge in [-0.15, -0.1) is 11.3 Å². The number of nitrogens with zero attached hydrogens (tertiary/aromatic N) is 4. The normalized spacial score (nSPS) is 11.7. The van der Waals surface area contributed by atoms with Gasteiger partial charge in [0.05, 0.1) is 11.0 Å². The molecule has 4 nitrogen and oxygen atoms in total. The summed E-state index contributed by atoms with van der Waals surface area (Å²) >= 11 is 1.88. The number of rotatable bonds is 6. The van der Waals surface area contributed by atoms with Crippen molar-refractivity contribution in [3.05, 3.63) is 206 Å². The van der Waals surface area contributed by atoms with Gasteiger partial charge in [-0.2, -0.15) is 0 Å². The second-order valence-electron chi connectivity index (χ2n) is 15.2. The Bertz CT molecular complexity index is 3550. The second kappa shape index (κ2) is 14.0. The number of benzene rings is 9. The van der Waals surface area contributed by atoms with Crippen LogP contribution in [0.1, 0.15) is 0 Å². The molecule has 3 aromatic heterocycles. The standard InChI is InChI=1S/C55H34N4S/c1-3-15-36(16-4-1)53-56-54(37-17-5-2-6-18-37)58-55(57-53)41-21-13-20-39(31-41)42-32-43(40-27-26-35-14-7-8-19-38(35)30-40)34-44(33-42)59-48-24-11-9-23-47(48)51-49(59)29-28-46-45-22-10-12-25-50(45)60-52(46)51/h1-34H. The Morgan fingerprint density at radius 1 is 0.333 bits per heavy atom. The van der Waals surface area contributed by atoms with Crippen molar-refractivity contribution in [1.82, 2.24) is 19.5 Å². The molecule has 0 N–H and O–H groups in total. The molecule has 0 aliphatic heterocycles. The van der Waals surface area contributed by atoms with Crippen molar-refractivity contribution in [1.29, 1.82) is 0 Å². The molecule has 60 heavy (non-hydrogen) atoms. The maximum absolute atomic E-state index is 5.07. The van der Waals surface area contributed by atoms with Crippen LogP contribution in [0.15, 0.2) is 206 Å². The highest BCUT2D eigenvalue weighted by molar-refractivity contribution is 7.26. The lowest BCUT2D eigenvalue weighted by molar-refractivity contribution is 1.07. The van der Waals surface area contributed by atoms with Crippen molar-refractivity contribution in [2.45, 2.75) is 0 Å². The van der Waals surface area contributed by atoms with E-state index in [-0.39, 0.29) is 0 Å². The Balaban J connectivity index is 1.08. The topological polar surface area (TPSA) is 43.6 Å². The van der Waals surface area contributed by atoms with E-state index in [1.807, 2.05) is 72.0 Å². The number of aromatic nitrogens is 4. The molecule has 9 aromatic carbocycles. The Morgan fingerprint density at radius 2 is 0.900 bits per heavy atom. The van der Waals surface area contributed by atoms with Crippen LogP contribution in [-0.4, -0.2) is 19.5 Å². The molecule has 5 heteroatoms. The molecule has 0 bridgehead atoms. The van der Waals surface area contributed by atoms with Crippen LogP contribution in [0.4, 0.5) is 0 Å². The van der Waals surface area contributed by atoms with Gasteiger partial charge in [0.1, 0.15) is 0 Å². The van der Waals surface area contributed by atoms with Gasteiger partial charge in [0.2, 0.25) is 0 Å². The van der Waals surface area contributed by atoms with Gasteiger partial charge in [-0.05, 0) is 81.6 Å². The van der Waals surface area contributed by atoms with Crippen molar-refractivity contribution in [2.24, 2.45) is 0 Å². The van der Waals surface area contributed by atoms with E-state index in [4.69, 9.17) is 15.0 Å². The monoisotopic (exact) mass is 782 g/mol. The summed E-state index contributed by atoms with van der Waals surface area (Å²) in [6.45, 7) is 0. The fraction of sp³-hybridized carbons (Fsp3) is 0. The Labute approximate surface area is 350 Å². The predicted octanol–water partition coefficient (Wildman–Crippen LogP) is 14.8. The summed E-state index contributed by atoms with van der Waals surface area (Å²) in [7, 11) is 0. The SMILES string of the molecule is c1ccc(-c2nc(-c3ccccc3)nc(-c3cccc(-c4cc(-c5ccc6ccccc6c5)cc(-n5c6ccccc6c6c7sc8ccccc8c7ccc65)c4)c3)n2)cc1. The van der Waals surface area contributed by atoms with E-state index < -0.39 is 0 Å². The highest BCUT2D eigenvalue weighted by atomic mass is 32.1. The van der Waals surface area contributed by atoms with Gasteiger partial charge in [-0.3, -0.25) is 0 Å². The third-order valence-electron chi connectivity index (χ3n) is 11.6. The average Bonchev–Trinajstić information content (AvgIpc) is 3.88. The first-order valence-electron chi connectivity index (χ1n) is 20.2. The molecule has 0 aliphatic rings. The van der Waals surface area contributed by atoms with E-state index in [0.29, 0.717) is 17.5 Å². The number of para-hydroxylation sites is 1. The van der Waals surface area contributed by atoms with Crippen molar-refractivity contribution in [3.63, 3.8) is 0 Å². The first-order chi connectivity index (χ1) is 29.7. The molecule has 0 unspecified atom stereocenters. The summed E-state index contributed by atoms with van der Waals surface area (Å²) in [5.74, 6) is 1.92. The van der Waals surface area contributed by atoms with Crippen LogP contribution in [0.5, 0.6) is 0 Å². The smallest absolute Gasteiger partial charge is 0.164 e. The lowest BCUT2D eigenvalue weighted by Gasteiger charge is -2.15. The third-order valence-corrected chi connectivity index (χ3v) is 12.8. The van der Waals surface area contributed by atoms with E-state index in [2.05, 4.69) is 150 Å². The van der Waals surface area contributed by atoms with Crippen molar-refractivity contribution in [3.8, 4) is 62.1 Å². The summed E-state index contributed by atoms with van der Waals surface area (Å²) in [5, 5.41) is 7.59. The quantitative estimate of drug-likeness (QED) is 0.169. The molecular weight excluding hydrogens is 749 g/mol. The first-order valence-corrected chi connectivity index (χ1v) is 21.0. The summed E-state index contributed by atoms with van der Waals surface area (Å²) in [4.78, 5) is 15.1. The van der Waals surface area contributed by atoms with Gasteiger partial charge in [0, 0.05) is 53.3 Å². The highest BCUT2D eigenvalue weighted by Gasteiger charge is 2.19. The third kappa shape index (κ3) is 5.78. The molecule has 0 fully saturated rings. The summed E-state index contributed by atoms with van der Waals surface area (Å²) in [6.07, 6.45) is 0. The first kappa shape index (κ1) is 34.3. The van der Waals surface area contributed by atoms with Gasteiger partial charge >= 0.3 is 0 Å². The molecule has 0 saturated heterocycles. The van der Waals surface area contributed by atoms with Crippen LogP contribution in [0.25, 0.3) is 115 Å². The van der Waals surface area contributed by atoms with E-state index in [9.17, 15) is 0 Å². The van der Waals surface area contributed by atoms with Crippen molar-refractivity contribution < 1.29 is 0 Å². The van der Waals surface area contributed by atoms with E-state index in [0.717, 1.165) is 44.6 Å². The highest BCUT2D eigenvalue weighted by Crippen LogP contribution is 2.44. The van der Waals surface area contributed by atoms with Crippen LogP contribution in [0.3, 0.4) is 0 Å². The molecule has 0 atom stereocenters. The molecule has 0 saturated carbocycles. The summed E-state index contributed by atoms with van der Waals surface area (Å²) < 4.78 is 5.09. The minimum atomic E-state index is 0.630. The van der Waals surface area contributed by atoms with Gasteiger partial charge in [-0.1, -0.05) is 158 Å². The number of thiophene rings is 1. The average molecular weight is 783 g/mol. The molecule has 0 amide bonds. The molecule has 3 heterocycles. The molecule has 12 aromatic rings. The Kier molecular flexibility index (Phi) is 8.00. The fourth-order valence-electron chi connectivity index (χ4n) is 8.73. The van der Waals surface area contributed by atoms with Crippen LogP contribution in [0.2, 0.25) is 0 Å². The van der Waals surface area contributed by atoms with Gasteiger partial charge in [0.25, 0.3) is 0 Å². The maximum Gasteiger partial charge on any atom is 0.164 e. The van der Waals surface area contributed by atoms with Gasteiger partial charge in [0.15, 0.2) is 17.5 Å². The zero-order chi connectivity index (χ0) is 39.6. The van der Waals surface area contributed by atoms with Crippen molar-refractivity contribution in [2.75, 3.05) is 0 Å². The zero-order valence-electron chi connectivity index (χ0n) is 32.3. The number of hydrogen-bond donors (Lipinski definition) is 0. The van der Waals surface area contributed by atoms with Crippen LogP contribution in [0, 0.1) is 0 Å². The van der Waals surface area contributed by atoms with E-state index in [1.165, 1.54) is 52.8 Å². The number of hydrogen-bond acceptors (Lipinski definition) is 4. The molecule has 0 spiro atoms. The summed E-state index contributed by atoms with van der Waals surface area (Å²) in [5.41, 5.74) is 10.8. The van der Waals surface area contributed by atoms with Crippen molar-refractivity contribution >= 4 is 64.1 Å². The van der Waals surface area contributed by atoms with Gasteiger partial charge < -0.3 is 4.57 Å². The van der Waals surface area contributed by atoms with E-state index >= 15 is 0 Å². The van der Waals surface area contributed by atoms with Crippen LogP contribution >= 0.6 is 11.3 Å². The number of fused-ring (bicyclic) bond motifs is 8. The second-order valence-corrected chi connectivity index (χ2v) is 16.3. The lowest BCUT2D eigenvalue weighted by Crippen LogP contribution is -2.00. The maximum atomic E-state index is 5.07. The Hall–Kier alpha value is -7.73. The molecule has 12 rings (SSSR count).